The number of nitrogens with one attached hydrogen (secondary N) is 1. The van der Waals surface area contributed by atoms with Crippen LogP contribution in [0, 0.1) is 0 Å². The Morgan fingerprint density at radius 3 is 2.76 bits per heavy atom. The third-order valence-corrected chi connectivity index (χ3v) is 5.09. The summed E-state index contributed by atoms with van der Waals surface area (Å²) in [5, 5.41) is 1.93. The molecule has 2 aliphatic rings. The highest BCUT2D eigenvalue weighted by molar-refractivity contribution is 8.18. The largest absolute Gasteiger partial charge is 0.494 e. The van der Waals surface area contributed by atoms with Crippen molar-refractivity contribution in [1.29, 1.82) is 0 Å². The maximum Gasteiger partial charge on any atom is 0.290 e. The molecule has 0 saturated carbocycles. The first kappa shape index (κ1) is 18.0. The van der Waals surface area contributed by atoms with Gasteiger partial charge in [0, 0.05) is 32.7 Å². The van der Waals surface area contributed by atoms with Gasteiger partial charge in [0.15, 0.2) is 0 Å². The second-order valence-corrected chi connectivity index (χ2v) is 7.29. The predicted molar refractivity (Wildman–Crippen MR) is 99.6 cm³/mol. The first-order valence-electron chi connectivity index (χ1n) is 8.49. The molecule has 0 radical (unpaired) electrons. The number of amides is 2. The van der Waals surface area contributed by atoms with Gasteiger partial charge in [-0.2, -0.15) is 0 Å². The second-order valence-electron chi connectivity index (χ2n) is 6.27. The molecular formula is C18H23N3O3S. The number of carbonyl (C=O) groups excluding carboxylic acids is 2. The SMILES string of the molecule is CN1CCN(CCCOc2cccc(/C=C3/SC(=O)NC3=O)c2)CC1. The van der Waals surface area contributed by atoms with E-state index < -0.39 is 0 Å². The number of benzene rings is 1. The number of hydrogen-bond donors (Lipinski definition) is 1. The van der Waals surface area contributed by atoms with Gasteiger partial charge in [0.2, 0.25) is 0 Å². The van der Waals surface area contributed by atoms with Crippen LogP contribution in [0.25, 0.3) is 6.08 Å². The average molecular weight is 361 g/mol. The van der Waals surface area contributed by atoms with Gasteiger partial charge in [-0.25, -0.2) is 0 Å². The van der Waals surface area contributed by atoms with Crippen LogP contribution >= 0.6 is 11.8 Å². The summed E-state index contributed by atoms with van der Waals surface area (Å²) in [6.07, 6.45) is 2.70. The van der Waals surface area contributed by atoms with E-state index >= 15 is 0 Å². The first-order valence-corrected chi connectivity index (χ1v) is 9.30. The molecule has 2 fully saturated rings. The summed E-state index contributed by atoms with van der Waals surface area (Å²) in [6.45, 7) is 6.23. The molecule has 0 unspecified atom stereocenters. The summed E-state index contributed by atoms with van der Waals surface area (Å²) in [7, 11) is 2.16. The van der Waals surface area contributed by atoms with Gasteiger partial charge in [-0.15, -0.1) is 0 Å². The van der Waals surface area contributed by atoms with E-state index in [0.29, 0.717) is 11.5 Å². The van der Waals surface area contributed by atoms with Crippen LogP contribution in [0.2, 0.25) is 0 Å². The van der Waals surface area contributed by atoms with Crippen molar-refractivity contribution in [2.24, 2.45) is 0 Å². The monoisotopic (exact) mass is 361 g/mol. The molecule has 6 nitrogen and oxygen atoms in total. The third-order valence-electron chi connectivity index (χ3n) is 4.28. The van der Waals surface area contributed by atoms with E-state index in [0.717, 1.165) is 62.2 Å². The van der Waals surface area contributed by atoms with E-state index in [1.165, 1.54) is 0 Å². The van der Waals surface area contributed by atoms with E-state index in [1.807, 2.05) is 24.3 Å². The summed E-state index contributed by atoms with van der Waals surface area (Å²) in [4.78, 5) is 28.0. The molecule has 1 N–H and O–H groups in total. The highest BCUT2D eigenvalue weighted by Gasteiger charge is 2.24. The molecule has 3 rings (SSSR count). The van der Waals surface area contributed by atoms with Gasteiger partial charge in [0.25, 0.3) is 11.1 Å². The van der Waals surface area contributed by atoms with Crippen molar-refractivity contribution in [3.8, 4) is 5.75 Å². The van der Waals surface area contributed by atoms with Crippen LogP contribution < -0.4 is 10.1 Å². The number of piperazine rings is 1. The number of carbonyl (C=O) groups is 2. The number of imide groups is 1. The van der Waals surface area contributed by atoms with Crippen LogP contribution in [-0.2, 0) is 4.79 Å². The topological polar surface area (TPSA) is 61.9 Å². The lowest BCUT2D eigenvalue weighted by Crippen LogP contribution is -2.44. The molecule has 0 atom stereocenters. The summed E-state index contributed by atoms with van der Waals surface area (Å²) >= 11 is 0.924. The summed E-state index contributed by atoms with van der Waals surface area (Å²) in [5.74, 6) is 0.441. The lowest BCUT2D eigenvalue weighted by atomic mass is 10.2. The van der Waals surface area contributed by atoms with Crippen LogP contribution in [0.1, 0.15) is 12.0 Å². The van der Waals surface area contributed by atoms with Crippen molar-refractivity contribution in [3.63, 3.8) is 0 Å². The van der Waals surface area contributed by atoms with Crippen LogP contribution in [-0.4, -0.2) is 67.3 Å². The highest BCUT2D eigenvalue weighted by atomic mass is 32.2. The summed E-state index contributed by atoms with van der Waals surface area (Å²) in [6, 6.07) is 7.58. The van der Waals surface area contributed by atoms with Gasteiger partial charge in [-0.1, -0.05) is 12.1 Å². The maximum atomic E-state index is 11.6. The Bertz CT molecular complexity index is 669. The lowest BCUT2D eigenvalue weighted by molar-refractivity contribution is -0.115. The Morgan fingerprint density at radius 2 is 2.04 bits per heavy atom. The van der Waals surface area contributed by atoms with E-state index in [9.17, 15) is 9.59 Å². The van der Waals surface area contributed by atoms with Crippen LogP contribution in [0.15, 0.2) is 29.2 Å². The Hall–Kier alpha value is -1.83. The number of hydrogen-bond acceptors (Lipinski definition) is 6. The van der Waals surface area contributed by atoms with Crippen LogP contribution in [0.5, 0.6) is 5.75 Å². The third kappa shape index (κ3) is 5.32. The molecule has 2 amide bonds. The molecule has 2 saturated heterocycles. The van der Waals surface area contributed by atoms with Gasteiger partial charge >= 0.3 is 0 Å². The van der Waals surface area contributed by atoms with Crippen molar-refractivity contribution >= 4 is 29.0 Å². The van der Waals surface area contributed by atoms with E-state index in [1.54, 1.807) is 6.08 Å². The number of likely N-dealkylation sites (N-methyl/N-ethyl adjacent to an activating group) is 1. The zero-order chi connectivity index (χ0) is 17.6. The molecule has 0 aromatic heterocycles. The zero-order valence-electron chi connectivity index (χ0n) is 14.4. The van der Waals surface area contributed by atoms with Gasteiger partial charge in [-0.3, -0.25) is 14.9 Å². The minimum atomic E-state index is -0.339. The van der Waals surface area contributed by atoms with Crippen molar-refractivity contribution in [3.05, 3.63) is 34.7 Å². The van der Waals surface area contributed by atoms with Gasteiger partial charge in [0.1, 0.15) is 5.75 Å². The smallest absolute Gasteiger partial charge is 0.290 e. The van der Waals surface area contributed by atoms with Crippen LogP contribution in [0.4, 0.5) is 4.79 Å². The molecule has 2 heterocycles. The normalized spacial score (nSPS) is 20.9. The Morgan fingerprint density at radius 1 is 1.24 bits per heavy atom. The van der Waals surface area contributed by atoms with Crippen molar-refractivity contribution in [2.75, 3.05) is 46.4 Å². The molecule has 0 bridgehead atoms. The number of ether oxygens (including phenoxy) is 1. The van der Waals surface area contributed by atoms with Crippen molar-refractivity contribution in [2.45, 2.75) is 6.42 Å². The molecule has 7 heteroatoms. The fourth-order valence-corrected chi connectivity index (χ4v) is 3.50. The average Bonchev–Trinajstić information content (AvgIpc) is 2.91. The fourth-order valence-electron chi connectivity index (χ4n) is 2.82. The quantitative estimate of drug-likeness (QED) is 0.618. The molecular weight excluding hydrogens is 338 g/mol. The maximum absolute atomic E-state index is 11.6. The predicted octanol–water partition coefficient (Wildman–Crippen LogP) is 2.03. The van der Waals surface area contributed by atoms with E-state index in [2.05, 4.69) is 22.2 Å². The van der Waals surface area contributed by atoms with Gasteiger partial charge in [-0.05, 0) is 49.0 Å². The van der Waals surface area contributed by atoms with E-state index in [-0.39, 0.29) is 11.1 Å². The van der Waals surface area contributed by atoms with Crippen LogP contribution in [0.3, 0.4) is 0 Å². The highest BCUT2D eigenvalue weighted by Crippen LogP contribution is 2.26. The molecule has 2 aliphatic heterocycles. The minimum Gasteiger partial charge on any atom is -0.494 e. The summed E-state index contributed by atoms with van der Waals surface area (Å²) < 4.78 is 5.83. The minimum absolute atomic E-state index is 0.326. The Balaban J connectivity index is 1.46. The Labute approximate surface area is 152 Å². The van der Waals surface area contributed by atoms with Crippen molar-refractivity contribution < 1.29 is 14.3 Å². The number of thioether (sulfide) groups is 1. The molecule has 0 aliphatic carbocycles. The van der Waals surface area contributed by atoms with E-state index in [4.69, 9.17) is 4.74 Å². The fraction of sp³-hybridized carbons (Fsp3) is 0.444. The summed E-state index contributed by atoms with van der Waals surface area (Å²) in [5.41, 5.74) is 0.851. The second kappa shape index (κ2) is 8.51. The molecule has 1 aromatic carbocycles. The molecule has 25 heavy (non-hydrogen) atoms. The standard InChI is InChI=1S/C18H23N3O3S/c1-20-7-9-21(10-8-20)6-3-11-24-15-5-2-4-14(12-15)13-16-17(22)19-18(23)25-16/h2,4-5,12-13H,3,6-11H2,1H3,(H,19,22,23)/b16-13+. The molecule has 134 valence electrons. The zero-order valence-corrected chi connectivity index (χ0v) is 15.2. The molecule has 0 spiro atoms. The lowest BCUT2D eigenvalue weighted by Gasteiger charge is -2.32. The van der Waals surface area contributed by atoms with Crippen molar-refractivity contribution in [1.82, 2.24) is 15.1 Å². The Kier molecular flexibility index (Phi) is 6.12. The number of rotatable bonds is 6. The number of nitrogens with zero attached hydrogens (tertiary/aromatic N) is 2. The van der Waals surface area contributed by atoms with Gasteiger partial charge in [0.05, 0.1) is 11.5 Å². The first-order chi connectivity index (χ1) is 12.1. The van der Waals surface area contributed by atoms with Gasteiger partial charge < -0.3 is 14.5 Å². The molecule has 1 aromatic rings.